The molecule has 1 aliphatic rings. The summed E-state index contributed by atoms with van der Waals surface area (Å²) in [6.45, 7) is 4.28. The number of carbonyl (C=O) groups is 2. The molecule has 1 N–H and O–H groups in total. The molecule has 3 amide bonds. The van der Waals surface area contributed by atoms with Gasteiger partial charge in [-0.1, -0.05) is 30.3 Å². The summed E-state index contributed by atoms with van der Waals surface area (Å²) < 4.78 is 38.4. The van der Waals surface area contributed by atoms with Crippen molar-refractivity contribution in [3.63, 3.8) is 0 Å². The third kappa shape index (κ3) is 8.12. The van der Waals surface area contributed by atoms with Crippen molar-refractivity contribution >= 4 is 17.6 Å². The Kier molecular flexibility index (Phi) is 9.83. The van der Waals surface area contributed by atoms with Crippen molar-refractivity contribution in [2.75, 3.05) is 51.3 Å². The lowest BCUT2D eigenvalue weighted by molar-refractivity contribution is -0.133. The predicted octanol–water partition coefficient (Wildman–Crippen LogP) is 4.34. The lowest BCUT2D eigenvalue weighted by atomic mass is 10.2. The number of furan rings is 1. The number of urea groups is 1. The summed E-state index contributed by atoms with van der Waals surface area (Å²) in [5, 5.41) is 2.49. The van der Waals surface area contributed by atoms with Gasteiger partial charge in [-0.25, -0.2) is 13.6 Å². The minimum absolute atomic E-state index is 0.154. The Hall–Kier alpha value is -3.76. The summed E-state index contributed by atoms with van der Waals surface area (Å²) in [6.07, 6.45) is 2.16. The summed E-state index contributed by atoms with van der Waals surface area (Å²) in [5.74, 6) is -1.30. The Morgan fingerprint density at radius 2 is 1.74 bits per heavy atom. The molecule has 1 aliphatic heterocycles. The minimum Gasteiger partial charge on any atom is -0.467 e. The Bertz CT molecular complexity index is 1170. The molecule has 1 fully saturated rings. The van der Waals surface area contributed by atoms with Gasteiger partial charge in [-0.05, 0) is 36.2 Å². The molecule has 202 valence electrons. The fraction of sp³-hybridized carbons (Fsp3) is 0.357. The van der Waals surface area contributed by atoms with E-state index in [9.17, 15) is 18.4 Å². The molecule has 0 atom stereocenters. The van der Waals surface area contributed by atoms with Gasteiger partial charge in [-0.3, -0.25) is 9.69 Å². The average Bonchev–Trinajstić information content (AvgIpc) is 3.43. The second-order valence-electron chi connectivity index (χ2n) is 9.10. The highest BCUT2D eigenvalue weighted by Gasteiger charge is 2.24. The fourth-order valence-corrected chi connectivity index (χ4v) is 4.24. The van der Waals surface area contributed by atoms with E-state index in [1.807, 2.05) is 30.3 Å². The maximum absolute atomic E-state index is 14.2. The van der Waals surface area contributed by atoms with Crippen molar-refractivity contribution < 1.29 is 27.5 Å². The lowest BCUT2D eigenvalue weighted by Gasteiger charge is -2.30. The van der Waals surface area contributed by atoms with Crippen LogP contribution in [0.1, 0.15) is 17.7 Å². The number of hydrogen-bond acceptors (Lipinski definition) is 5. The first-order valence-corrected chi connectivity index (χ1v) is 12.6. The number of rotatable bonds is 11. The predicted molar refractivity (Wildman–Crippen MR) is 138 cm³/mol. The smallest absolute Gasteiger partial charge is 0.322 e. The molecule has 0 spiro atoms. The highest BCUT2D eigenvalue weighted by atomic mass is 19.1. The Morgan fingerprint density at radius 1 is 0.947 bits per heavy atom. The van der Waals surface area contributed by atoms with E-state index < -0.39 is 17.7 Å². The summed E-state index contributed by atoms with van der Waals surface area (Å²) in [7, 11) is 0. The second-order valence-corrected chi connectivity index (χ2v) is 9.10. The summed E-state index contributed by atoms with van der Waals surface area (Å²) in [5.41, 5.74) is 0.780. The van der Waals surface area contributed by atoms with Crippen LogP contribution in [0.25, 0.3) is 0 Å². The molecule has 0 radical (unpaired) electrons. The van der Waals surface area contributed by atoms with Crippen LogP contribution in [0.15, 0.2) is 71.3 Å². The number of nitrogens with zero attached hydrogens (tertiary/aromatic N) is 3. The largest absolute Gasteiger partial charge is 0.467 e. The van der Waals surface area contributed by atoms with Gasteiger partial charge < -0.3 is 24.3 Å². The van der Waals surface area contributed by atoms with Gasteiger partial charge in [0.15, 0.2) is 0 Å². The number of amides is 3. The van der Waals surface area contributed by atoms with E-state index in [-0.39, 0.29) is 31.2 Å². The highest BCUT2D eigenvalue weighted by Crippen LogP contribution is 2.17. The molecule has 10 heteroatoms. The van der Waals surface area contributed by atoms with Crippen LogP contribution < -0.4 is 5.32 Å². The fourth-order valence-electron chi connectivity index (χ4n) is 4.24. The molecular formula is C28H32F2N4O4. The van der Waals surface area contributed by atoms with Crippen LogP contribution in [0, 0.1) is 11.6 Å². The van der Waals surface area contributed by atoms with Crippen molar-refractivity contribution in [1.29, 1.82) is 0 Å². The average molecular weight is 527 g/mol. The number of nitrogens with one attached hydrogen (secondary N) is 1. The van der Waals surface area contributed by atoms with Crippen LogP contribution in [-0.2, 0) is 22.6 Å². The third-order valence-electron chi connectivity index (χ3n) is 6.29. The molecule has 1 aromatic heterocycles. The second kappa shape index (κ2) is 13.7. The monoisotopic (exact) mass is 526 g/mol. The van der Waals surface area contributed by atoms with Gasteiger partial charge in [0.2, 0.25) is 5.91 Å². The minimum atomic E-state index is -0.888. The number of morpholine rings is 1. The topological polar surface area (TPSA) is 78.3 Å². The molecule has 38 heavy (non-hydrogen) atoms. The van der Waals surface area contributed by atoms with E-state index in [4.69, 9.17) is 9.15 Å². The maximum Gasteiger partial charge on any atom is 0.322 e. The van der Waals surface area contributed by atoms with E-state index in [2.05, 4.69) is 10.2 Å². The molecule has 0 aliphatic carbocycles. The zero-order valence-electron chi connectivity index (χ0n) is 21.2. The van der Waals surface area contributed by atoms with Crippen LogP contribution in [0.2, 0.25) is 0 Å². The Morgan fingerprint density at radius 3 is 2.45 bits per heavy atom. The summed E-state index contributed by atoms with van der Waals surface area (Å²) >= 11 is 0. The molecule has 8 nitrogen and oxygen atoms in total. The third-order valence-corrected chi connectivity index (χ3v) is 6.29. The van der Waals surface area contributed by atoms with E-state index in [1.165, 1.54) is 4.90 Å². The van der Waals surface area contributed by atoms with Gasteiger partial charge in [0.25, 0.3) is 0 Å². The summed E-state index contributed by atoms with van der Waals surface area (Å²) in [4.78, 5) is 31.9. The van der Waals surface area contributed by atoms with Crippen molar-refractivity contribution in [3.8, 4) is 0 Å². The number of ether oxygens (including phenoxy) is 1. The van der Waals surface area contributed by atoms with Crippen LogP contribution in [0.4, 0.5) is 19.3 Å². The van der Waals surface area contributed by atoms with Gasteiger partial charge in [-0.2, -0.15) is 0 Å². The van der Waals surface area contributed by atoms with Gasteiger partial charge in [-0.15, -0.1) is 0 Å². The van der Waals surface area contributed by atoms with Crippen LogP contribution in [-0.4, -0.2) is 72.6 Å². The van der Waals surface area contributed by atoms with Gasteiger partial charge in [0.05, 0.1) is 31.7 Å². The number of hydrogen-bond donors (Lipinski definition) is 1. The first-order valence-electron chi connectivity index (χ1n) is 12.6. The van der Waals surface area contributed by atoms with E-state index in [0.29, 0.717) is 38.0 Å². The van der Waals surface area contributed by atoms with Crippen molar-refractivity contribution in [2.45, 2.75) is 19.5 Å². The molecule has 0 unspecified atom stereocenters. The van der Waals surface area contributed by atoms with E-state index in [0.717, 1.165) is 37.3 Å². The van der Waals surface area contributed by atoms with Crippen molar-refractivity contribution in [3.05, 3.63) is 89.9 Å². The quantitative estimate of drug-likeness (QED) is 0.402. The number of halogens is 2. The first-order chi connectivity index (χ1) is 18.5. The zero-order chi connectivity index (χ0) is 26.7. The summed E-state index contributed by atoms with van der Waals surface area (Å²) in [6, 6.07) is 15.4. The highest BCUT2D eigenvalue weighted by molar-refractivity contribution is 5.92. The van der Waals surface area contributed by atoms with E-state index in [1.54, 1.807) is 23.3 Å². The zero-order valence-corrected chi connectivity index (χ0v) is 21.2. The van der Waals surface area contributed by atoms with E-state index >= 15 is 0 Å². The molecule has 4 rings (SSSR count). The van der Waals surface area contributed by atoms with Crippen molar-refractivity contribution in [2.24, 2.45) is 0 Å². The first kappa shape index (κ1) is 27.3. The van der Waals surface area contributed by atoms with Crippen LogP contribution >= 0.6 is 0 Å². The number of anilines is 1. The molecular weight excluding hydrogens is 494 g/mol. The van der Waals surface area contributed by atoms with Gasteiger partial charge >= 0.3 is 6.03 Å². The van der Waals surface area contributed by atoms with Crippen LogP contribution in [0.5, 0.6) is 0 Å². The van der Waals surface area contributed by atoms with Crippen molar-refractivity contribution in [1.82, 2.24) is 14.7 Å². The molecule has 2 heterocycles. The Balaban J connectivity index is 1.47. The molecule has 3 aromatic rings. The molecule has 0 bridgehead atoms. The Labute approximate surface area is 220 Å². The normalized spacial score (nSPS) is 13.7. The number of carbonyl (C=O) groups excluding carboxylic acids is 2. The standard InChI is InChI=1S/C28H32F2N4O4/c29-23-9-10-26(25(30)18-23)31-28(36)33(12-5-11-32-13-16-37-17-14-32)21-27(35)34(20-24-8-4-15-38-24)19-22-6-2-1-3-7-22/h1-4,6-10,15,18H,5,11-14,16-17,19-21H2,(H,31,36). The lowest BCUT2D eigenvalue weighted by Crippen LogP contribution is -2.45. The SMILES string of the molecule is O=C(CN(CCCN1CCOCC1)C(=O)Nc1ccc(F)cc1F)N(Cc1ccccc1)Cc1ccco1. The molecule has 2 aromatic carbocycles. The van der Waals surface area contributed by atoms with Gasteiger partial charge in [0, 0.05) is 38.8 Å². The molecule has 0 saturated carbocycles. The number of benzene rings is 2. The molecule has 1 saturated heterocycles. The van der Waals surface area contributed by atoms with Crippen LogP contribution in [0.3, 0.4) is 0 Å². The van der Waals surface area contributed by atoms with Gasteiger partial charge in [0.1, 0.15) is 23.9 Å². The maximum atomic E-state index is 14.2.